The van der Waals surface area contributed by atoms with Gasteiger partial charge in [-0.1, -0.05) is 54.6 Å². The lowest BCUT2D eigenvalue weighted by Crippen LogP contribution is -2.22. The van der Waals surface area contributed by atoms with Gasteiger partial charge in [0.05, 0.1) is 5.69 Å². The minimum absolute atomic E-state index is 0.0682. The number of aromatic hydroxyl groups is 2. The molecule has 0 saturated heterocycles. The number of pyridine rings is 1. The molecule has 1 atom stereocenters. The Kier molecular flexibility index (Phi) is 7.75. The predicted octanol–water partition coefficient (Wildman–Crippen LogP) is 5.57. The minimum atomic E-state index is -4.47. The number of rotatable bonds is 8. The predicted molar refractivity (Wildman–Crippen MR) is 144 cm³/mol. The molecule has 1 heterocycles. The number of phenols is 1. The van der Waals surface area contributed by atoms with E-state index < -0.39 is 27.3 Å². The first-order valence-corrected chi connectivity index (χ1v) is 13.5. The molecular weight excluding hydrogens is 506 g/mol. The van der Waals surface area contributed by atoms with Gasteiger partial charge in [-0.3, -0.25) is 13.9 Å². The first-order valence-electron chi connectivity index (χ1n) is 11.8. The van der Waals surface area contributed by atoms with Crippen molar-refractivity contribution in [2.45, 2.75) is 32.1 Å². The molecule has 1 unspecified atom stereocenters. The van der Waals surface area contributed by atoms with E-state index in [1.54, 1.807) is 31.2 Å². The molecule has 0 aliphatic rings. The summed E-state index contributed by atoms with van der Waals surface area (Å²) in [5, 5.41) is 28.4. The number of nitrogens with zero attached hydrogens (tertiary/aromatic N) is 3. The van der Waals surface area contributed by atoms with Crippen molar-refractivity contribution in [3.8, 4) is 11.6 Å². The lowest BCUT2D eigenvalue weighted by Gasteiger charge is -2.19. The normalized spacial score (nSPS) is 12.6. The molecule has 0 aliphatic carbocycles. The van der Waals surface area contributed by atoms with Gasteiger partial charge < -0.3 is 10.2 Å². The van der Waals surface area contributed by atoms with Gasteiger partial charge in [0.15, 0.2) is 11.6 Å². The van der Waals surface area contributed by atoms with E-state index in [0.717, 1.165) is 21.3 Å². The van der Waals surface area contributed by atoms with Crippen LogP contribution in [0.1, 0.15) is 40.7 Å². The Labute approximate surface area is 220 Å². The molecule has 0 radical (unpaired) electrons. The minimum Gasteiger partial charge on any atom is -0.508 e. The van der Waals surface area contributed by atoms with E-state index in [9.17, 15) is 28.0 Å². The third kappa shape index (κ3) is 5.82. The van der Waals surface area contributed by atoms with E-state index in [1.165, 1.54) is 6.92 Å². The molecule has 0 fully saturated rings. The molecule has 0 saturated carbocycles. The van der Waals surface area contributed by atoms with Gasteiger partial charge in [0.2, 0.25) is 0 Å². The van der Waals surface area contributed by atoms with Crippen LogP contribution in [0.25, 0.3) is 0 Å². The Morgan fingerprint density at radius 1 is 0.842 bits per heavy atom. The fourth-order valence-electron chi connectivity index (χ4n) is 4.36. The molecule has 9 nitrogen and oxygen atoms in total. The van der Waals surface area contributed by atoms with Crippen LogP contribution >= 0.6 is 0 Å². The highest BCUT2D eigenvalue weighted by molar-refractivity contribution is 7.85. The van der Waals surface area contributed by atoms with Gasteiger partial charge in [-0.2, -0.15) is 13.5 Å². The molecule has 3 aromatic carbocycles. The van der Waals surface area contributed by atoms with Crippen molar-refractivity contribution in [1.29, 1.82) is 0 Å². The van der Waals surface area contributed by atoms with E-state index in [4.69, 9.17) is 0 Å². The summed E-state index contributed by atoms with van der Waals surface area (Å²) >= 11 is 0. The molecule has 0 amide bonds. The summed E-state index contributed by atoms with van der Waals surface area (Å²) in [6.45, 7) is 3.13. The molecule has 1 aromatic heterocycles. The molecule has 38 heavy (non-hydrogen) atoms. The highest BCUT2D eigenvalue weighted by Gasteiger charge is 2.22. The van der Waals surface area contributed by atoms with Crippen molar-refractivity contribution in [3.63, 3.8) is 0 Å². The molecule has 3 N–H and O–H groups in total. The summed E-state index contributed by atoms with van der Waals surface area (Å²) in [6, 6.07) is 24.3. The van der Waals surface area contributed by atoms with E-state index in [0.29, 0.717) is 5.69 Å². The topological polar surface area (TPSA) is 142 Å². The van der Waals surface area contributed by atoms with Crippen LogP contribution in [0.2, 0.25) is 0 Å². The number of aromatic nitrogens is 1. The van der Waals surface area contributed by atoms with Gasteiger partial charge in [0.1, 0.15) is 11.5 Å². The number of hydrogen-bond acceptors (Lipinski definition) is 7. The maximum absolute atomic E-state index is 12.9. The Bertz CT molecular complexity index is 1630. The first-order chi connectivity index (χ1) is 18.1. The van der Waals surface area contributed by atoms with Gasteiger partial charge in [-0.05, 0) is 60.4 Å². The summed E-state index contributed by atoms with van der Waals surface area (Å²) in [5.74, 6) is -1.30. The molecule has 0 aliphatic heterocycles. The zero-order valence-electron chi connectivity index (χ0n) is 20.8. The van der Waals surface area contributed by atoms with Crippen LogP contribution in [-0.4, -0.2) is 27.8 Å². The zero-order chi connectivity index (χ0) is 27.4. The van der Waals surface area contributed by atoms with Crippen LogP contribution in [0, 0.1) is 6.92 Å². The van der Waals surface area contributed by atoms with Gasteiger partial charge >= 0.3 is 0 Å². The summed E-state index contributed by atoms with van der Waals surface area (Å²) in [7, 11) is -4.47. The summed E-state index contributed by atoms with van der Waals surface area (Å²) in [4.78, 5) is 12.9. The van der Waals surface area contributed by atoms with E-state index in [1.807, 2.05) is 54.6 Å². The monoisotopic (exact) mass is 533 g/mol. The molecule has 10 heteroatoms. The smallest absolute Gasteiger partial charge is 0.281 e. The van der Waals surface area contributed by atoms with Crippen molar-refractivity contribution in [2.24, 2.45) is 10.2 Å². The number of azo groups is 1. The van der Waals surface area contributed by atoms with E-state index >= 15 is 0 Å². The van der Waals surface area contributed by atoms with Crippen LogP contribution in [0.5, 0.6) is 11.6 Å². The fraction of sp³-hybridized carbons (Fsp3) is 0.179. The Morgan fingerprint density at radius 3 is 1.95 bits per heavy atom. The van der Waals surface area contributed by atoms with Crippen molar-refractivity contribution in [2.75, 3.05) is 0 Å². The second kappa shape index (κ2) is 11.0. The van der Waals surface area contributed by atoms with Gasteiger partial charge in [0.25, 0.3) is 15.7 Å². The number of phenolic OH excluding ortho intramolecular Hbond substituents is 1. The van der Waals surface area contributed by atoms with Crippen LogP contribution < -0.4 is 5.56 Å². The number of benzene rings is 3. The maximum Gasteiger partial charge on any atom is 0.281 e. The second-order valence-electron chi connectivity index (χ2n) is 8.78. The highest BCUT2D eigenvalue weighted by Crippen LogP contribution is 2.34. The SMILES string of the molecule is CCn1c(O)c(CS(=O)(=O)O)c(C)c(/N=N/c2ccc(C(c3ccccc3)c3ccc(O)cc3)cc2)c1=O. The molecule has 4 rings (SSSR count). The molecule has 0 bridgehead atoms. The fourth-order valence-corrected chi connectivity index (χ4v) is 5.07. The third-order valence-corrected chi connectivity index (χ3v) is 6.93. The molecular formula is C28H27N3O6S. The third-order valence-electron chi connectivity index (χ3n) is 6.28. The van der Waals surface area contributed by atoms with Crippen LogP contribution in [0.4, 0.5) is 11.4 Å². The van der Waals surface area contributed by atoms with Crippen LogP contribution in [0.15, 0.2) is 93.9 Å². The average molecular weight is 534 g/mol. The quantitative estimate of drug-likeness (QED) is 0.154. The van der Waals surface area contributed by atoms with E-state index in [-0.39, 0.29) is 35.0 Å². The van der Waals surface area contributed by atoms with Crippen LogP contribution in [-0.2, 0) is 22.4 Å². The van der Waals surface area contributed by atoms with Crippen molar-refractivity contribution in [3.05, 3.63) is 117 Å². The Balaban J connectivity index is 1.71. The van der Waals surface area contributed by atoms with Gasteiger partial charge in [-0.15, -0.1) is 5.11 Å². The van der Waals surface area contributed by atoms with Crippen molar-refractivity contribution < 1.29 is 23.2 Å². The van der Waals surface area contributed by atoms with Gasteiger partial charge in [-0.25, -0.2) is 0 Å². The Morgan fingerprint density at radius 2 is 1.39 bits per heavy atom. The zero-order valence-corrected chi connectivity index (χ0v) is 21.6. The van der Waals surface area contributed by atoms with Crippen molar-refractivity contribution >= 4 is 21.5 Å². The number of hydrogen-bond donors (Lipinski definition) is 3. The lowest BCUT2D eigenvalue weighted by molar-refractivity contribution is 0.403. The molecule has 0 spiro atoms. The van der Waals surface area contributed by atoms with Crippen LogP contribution in [0.3, 0.4) is 0 Å². The highest BCUT2D eigenvalue weighted by atomic mass is 32.2. The first kappa shape index (κ1) is 26.8. The lowest BCUT2D eigenvalue weighted by atomic mass is 9.85. The maximum atomic E-state index is 12.9. The largest absolute Gasteiger partial charge is 0.508 e. The second-order valence-corrected chi connectivity index (χ2v) is 10.2. The summed E-state index contributed by atoms with van der Waals surface area (Å²) in [5.41, 5.74) is 2.75. The van der Waals surface area contributed by atoms with Gasteiger partial charge in [0, 0.05) is 18.0 Å². The summed E-state index contributed by atoms with van der Waals surface area (Å²) in [6.07, 6.45) is 0. The summed E-state index contributed by atoms with van der Waals surface area (Å²) < 4.78 is 33.2. The molecule has 196 valence electrons. The van der Waals surface area contributed by atoms with E-state index in [2.05, 4.69) is 10.2 Å². The average Bonchev–Trinajstić information content (AvgIpc) is 2.89. The Hall–Kier alpha value is -4.28. The molecule has 4 aromatic rings. The van der Waals surface area contributed by atoms with Crippen molar-refractivity contribution in [1.82, 2.24) is 4.57 Å². The standard InChI is InChI=1S/C28H27N3O6S/c1-3-31-27(33)24(17-38(35,36)37)18(2)26(28(31)34)30-29-22-13-9-20(10-14-22)25(19-7-5-4-6-8-19)21-11-15-23(32)16-12-21/h4-16,25,32-33H,3,17H2,1-2H3,(H,35,36,37)/b30-29+.